The molecule has 0 unspecified atom stereocenters. The third-order valence-electron chi connectivity index (χ3n) is 4.76. The molecule has 0 aliphatic heterocycles. The summed E-state index contributed by atoms with van der Waals surface area (Å²) in [6.45, 7) is 0. The molecule has 12 heteroatoms. The van der Waals surface area contributed by atoms with Crippen molar-refractivity contribution < 1.29 is 44.3 Å². The first-order valence-corrected chi connectivity index (χ1v) is 9.98. The summed E-state index contributed by atoms with van der Waals surface area (Å²) in [5.74, 6) is -0.473. The third-order valence-corrected chi connectivity index (χ3v) is 4.76. The van der Waals surface area contributed by atoms with E-state index in [1.807, 2.05) is 0 Å². The number of hydrogen-bond acceptors (Lipinski definition) is 3. The Kier molecular flexibility index (Phi) is 7.46. The topological polar surface area (TPSA) is 45.4 Å². The van der Waals surface area contributed by atoms with Gasteiger partial charge in [-0.1, -0.05) is 42.5 Å². The van der Waals surface area contributed by atoms with Crippen molar-refractivity contribution in [3.63, 3.8) is 0 Å². The van der Waals surface area contributed by atoms with E-state index < -0.39 is 53.4 Å². The number of nitrogens with zero attached hydrogens (tertiary/aromatic N) is 1. The monoisotopic (exact) mass is 518 g/mol. The summed E-state index contributed by atoms with van der Waals surface area (Å²) in [6.07, 6.45) is -16.1. The van der Waals surface area contributed by atoms with Crippen molar-refractivity contribution in [2.24, 2.45) is 4.99 Å². The average molecular weight is 518 g/mol. The molecule has 3 nitrogen and oxygen atoms in total. The van der Waals surface area contributed by atoms with Crippen LogP contribution in [0.1, 0.15) is 17.5 Å². The van der Waals surface area contributed by atoms with E-state index in [2.05, 4.69) is 9.73 Å². The molecule has 0 spiro atoms. The lowest BCUT2D eigenvalue weighted by Crippen LogP contribution is -2.26. The second-order valence-electron chi connectivity index (χ2n) is 7.38. The van der Waals surface area contributed by atoms with Crippen molar-refractivity contribution in [1.29, 1.82) is 5.41 Å². The molecule has 0 heterocycles. The molecule has 0 aliphatic carbocycles. The highest BCUT2D eigenvalue weighted by Gasteiger charge is 2.38. The van der Waals surface area contributed by atoms with Crippen LogP contribution in [0.5, 0.6) is 5.75 Å². The Morgan fingerprint density at radius 2 is 1.39 bits per heavy atom. The Balaban J connectivity index is 2.00. The zero-order valence-corrected chi connectivity index (χ0v) is 17.9. The highest BCUT2D eigenvalue weighted by molar-refractivity contribution is 6.14. The molecule has 190 valence electrons. The summed E-state index contributed by atoms with van der Waals surface area (Å²) in [5.41, 5.74) is -3.55. The van der Waals surface area contributed by atoms with Crippen molar-refractivity contribution in [3.8, 4) is 16.9 Å². The molecule has 0 amide bonds. The van der Waals surface area contributed by atoms with Crippen molar-refractivity contribution >= 4 is 17.1 Å². The molecule has 0 atom stereocenters. The third kappa shape index (κ3) is 7.09. The van der Waals surface area contributed by atoms with Gasteiger partial charge in [0, 0.05) is 12.0 Å². The van der Waals surface area contributed by atoms with E-state index >= 15 is 0 Å². The summed E-state index contributed by atoms with van der Waals surface area (Å²) in [7, 11) is 0. The Bertz CT molecular complexity index is 1260. The smallest absolute Gasteiger partial charge is 0.406 e. The molecule has 1 N–H and O–H groups in total. The summed E-state index contributed by atoms with van der Waals surface area (Å²) < 4.78 is 121. The fraction of sp³-hybridized carbons (Fsp3) is 0.167. The van der Waals surface area contributed by atoms with Crippen LogP contribution < -0.4 is 4.74 Å². The van der Waals surface area contributed by atoms with Crippen molar-refractivity contribution in [2.75, 3.05) is 0 Å². The van der Waals surface area contributed by atoms with Gasteiger partial charge in [0.2, 0.25) is 0 Å². The van der Waals surface area contributed by atoms with E-state index in [1.54, 1.807) is 0 Å². The Morgan fingerprint density at radius 3 is 1.97 bits per heavy atom. The molecule has 0 saturated heterocycles. The fourth-order valence-electron chi connectivity index (χ4n) is 3.20. The molecule has 0 saturated carbocycles. The van der Waals surface area contributed by atoms with Gasteiger partial charge in [0.1, 0.15) is 11.5 Å². The Morgan fingerprint density at radius 1 is 0.750 bits per heavy atom. The van der Waals surface area contributed by atoms with Gasteiger partial charge >= 0.3 is 18.7 Å². The van der Waals surface area contributed by atoms with Crippen LogP contribution >= 0.6 is 0 Å². The summed E-state index contributed by atoms with van der Waals surface area (Å²) >= 11 is 0. The van der Waals surface area contributed by atoms with Crippen LogP contribution in [0.3, 0.4) is 0 Å². The van der Waals surface area contributed by atoms with Gasteiger partial charge in [-0.3, -0.25) is 4.99 Å². The fourth-order valence-corrected chi connectivity index (χ4v) is 3.20. The van der Waals surface area contributed by atoms with E-state index in [1.165, 1.54) is 42.5 Å². The molecule has 3 aromatic carbocycles. The molecule has 3 aromatic rings. The average Bonchev–Trinajstić information content (AvgIpc) is 2.77. The summed E-state index contributed by atoms with van der Waals surface area (Å²) in [4.78, 5) is 3.96. The van der Waals surface area contributed by atoms with E-state index in [0.717, 1.165) is 24.3 Å². The van der Waals surface area contributed by atoms with Crippen LogP contribution in [0.25, 0.3) is 11.1 Å². The first-order chi connectivity index (χ1) is 16.6. The molecular weight excluding hydrogens is 503 g/mol. The predicted molar refractivity (Wildman–Crippen MR) is 115 cm³/mol. The van der Waals surface area contributed by atoms with Gasteiger partial charge in [-0.15, -0.1) is 13.2 Å². The zero-order valence-electron chi connectivity index (χ0n) is 17.9. The van der Waals surface area contributed by atoms with E-state index in [0.29, 0.717) is 17.2 Å². The quantitative estimate of drug-likeness (QED) is 0.259. The predicted octanol–water partition coefficient (Wildman–Crippen LogP) is 8.36. The first-order valence-electron chi connectivity index (χ1n) is 9.98. The standard InChI is InChI=1S/C24H15F9N2O/c25-22(26,27)19-7-2-1-6-18(19)20(13-21(34)23(28,29)30)35-16-10-8-14(9-11-16)15-4-3-5-17(12-15)36-24(31,32)33/h1-12,34H,13H2. The number of hydrogen-bond donors (Lipinski definition) is 1. The SMILES string of the molecule is N=C(CC(=Nc1ccc(-c2cccc(OC(F)(F)F)c2)cc1)c1ccccc1C(F)(F)F)C(F)(F)F. The van der Waals surface area contributed by atoms with Crippen molar-refractivity contribution in [3.05, 3.63) is 83.9 Å². The van der Waals surface area contributed by atoms with Gasteiger partial charge in [0.05, 0.1) is 17.0 Å². The van der Waals surface area contributed by atoms with Gasteiger partial charge in [0.15, 0.2) is 0 Å². The lowest BCUT2D eigenvalue weighted by Gasteiger charge is -2.16. The number of nitrogens with one attached hydrogen (secondary N) is 1. The highest BCUT2D eigenvalue weighted by Crippen LogP contribution is 2.34. The lowest BCUT2D eigenvalue weighted by molar-refractivity contribution is -0.274. The molecule has 0 radical (unpaired) electrons. The van der Waals surface area contributed by atoms with Crippen LogP contribution in [0.4, 0.5) is 45.2 Å². The van der Waals surface area contributed by atoms with Gasteiger partial charge in [-0.25, -0.2) is 0 Å². The number of benzene rings is 3. The highest BCUT2D eigenvalue weighted by atomic mass is 19.4. The Hall–Kier alpha value is -3.83. The van der Waals surface area contributed by atoms with Crippen molar-refractivity contribution in [2.45, 2.75) is 25.1 Å². The van der Waals surface area contributed by atoms with Crippen molar-refractivity contribution in [1.82, 2.24) is 0 Å². The van der Waals surface area contributed by atoms with Gasteiger partial charge in [0.25, 0.3) is 0 Å². The summed E-state index contributed by atoms with van der Waals surface area (Å²) in [5, 5.41) is 7.26. The number of halogens is 9. The van der Waals surface area contributed by atoms with Gasteiger partial charge in [-0.2, -0.15) is 26.3 Å². The number of rotatable bonds is 6. The molecular formula is C24H15F9N2O. The number of aliphatic imine (C=N–C) groups is 1. The second kappa shape index (κ2) is 10.0. The van der Waals surface area contributed by atoms with Crippen LogP contribution in [0.15, 0.2) is 77.8 Å². The maximum absolute atomic E-state index is 13.5. The molecule has 0 bridgehead atoms. The summed E-state index contributed by atoms with van der Waals surface area (Å²) in [6, 6.07) is 14.3. The number of ether oxygens (including phenoxy) is 1. The maximum atomic E-state index is 13.5. The van der Waals surface area contributed by atoms with Crippen LogP contribution in [-0.4, -0.2) is 24.0 Å². The molecule has 3 rings (SSSR count). The minimum Gasteiger partial charge on any atom is -0.406 e. The zero-order chi connectivity index (χ0) is 26.7. The van der Waals surface area contributed by atoms with Crippen LogP contribution in [0.2, 0.25) is 0 Å². The van der Waals surface area contributed by atoms with Gasteiger partial charge in [-0.05, 0) is 41.5 Å². The number of alkyl halides is 9. The van der Waals surface area contributed by atoms with Gasteiger partial charge < -0.3 is 10.1 Å². The maximum Gasteiger partial charge on any atom is 0.573 e. The molecule has 0 aliphatic rings. The van der Waals surface area contributed by atoms with E-state index in [9.17, 15) is 39.5 Å². The van der Waals surface area contributed by atoms with E-state index in [4.69, 9.17) is 5.41 Å². The molecule has 0 fully saturated rings. The molecule has 0 aromatic heterocycles. The minimum atomic E-state index is -5.07. The normalized spacial score (nSPS) is 13.0. The molecule has 36 heavy (non-hydrogen) atoms. The van der Waals surface area contributed by atoms with Crippen LogP contribution in [-0.2, 0) is 6.18 Å². The van der Waals surface area contributed by atoms with E-state index in [-0.39, 0.29) is 5.69 Å². The first kappa shape index (κ1) is 26.8. The minimum absolute atomic E-state index is 0.0246. The second-order valence-corrected chi connectivity index (χ2v) is 7.38. The lowest BCUT2D eigenvalue weighted by atomic mass is 9.98. The largest absolute Gasteiger partial charge is 0.573 e. The van der Waals surface area contributed by atoms with Crippen LogP contribution in [0, 0.1) is 5.41 Å². The Labute approximate surface area is 198 Å².